The van der Waals surface area contributed by atoms with Gasteiger partial charge in [-0.15, -0.1) is 0 Å². The van der Waals surface area contributed by atoms with Crippen LogP contribution in [-0.4, -0.2) is 30.2 Å². The van der Waals surface area contributed by atoms with E-state index in [4.69, 9.17) is 5.53 Å². The van der Waals surface area contributed by atoms with Crippen molar-refractivity contribution in [1.29, 1.82) is 0 Å². The molecule has 0 saturated heterocycles. The summed E-state index contributed by atoms with van der Waals surface area (Å²) in [6.07, 6.45) is -3.83. The molecule has 0 N–H and O–H groups in total. The maximum Gasteiger partial charge on any atom is 0.352 e. The average Bonchev–Trinajstić information content (AvgIpc) is 2.15. The molecule has 2 unspecified atom stereocenters. The van der Waals surface area contributed by atoms with E-state index >= 15 is 0 Å². The van der Waals surface area contributed by atoms with Crippen LogP contribution in [0.3, 0.4) is 0 Å². The molecule has 0 aromatic heterocycles. The van der Waals surface area contributed by atoms with Crippen LogP contribution in [0.5, 0.6) is 0 Å². The lowest BCUT2D eigenvalue weighted by atomic mass is 10.1. The summed E-state index contributed by atoms with van der Waals surface area (Å²) in [5.74, 6) is -1.07. The van der Waals surface area contributed by atoms with Crippen molar-refractivity contribution in [2.24, 2.45) is 5.11 Å². The minimum atomic E-state index is -4.12. The lowest BCUT2D eigenvalue weighted by Crippen LogP contribution is -2.31. The Labute approximate surface area is 94.1 Å². The summed E-state index contributed by atoms with van der Waals surface area (Å²) in [6.45, 7) is 1.43. The van der Waals surface area contributed by atoms with Gasteiger partial charge in [0.15, 0.2) is 6.17 Å². The van der Waals surface area contributed by atoms with Gasteiger partial charge in [0.25, 0.3) is 0 Å². The molecular formula is C7H9ClF3N3O2. The first kappa shape index (κ1) is 14.9. The number of esters is 1. The first-order valence-corrected chi connectivity index (χ1v) is 4.62. The van der Waals surface area contributed by atoms with E-state index in [9.17, 15) is 18.0 Å². The van der Waals surface area contributed by atoms with Gasteiger partial charge in [0.05, 0.1) is 6.61 Å². The Morgan fingerprint density at radius 3 is 2.62 bits per heavy atom. The minimum Gasteiger partial charge on any atom is -0.466 e. The van der Waals surface area contributed by atoms with Gasteiger partial charge in [0.1, 0.15) is 6.04 Å². The fourth-order valence-corrected chi connectivity index (χ4v) is 0.910. The molecule has 0 radical (unpaired) electrons. The highest BCUT2D eigenvalue weighted by atomic mass is 35.5. The van der Waals surface area contributed by atoms with E-state index in [2.05, 4.69) is 26.4 Å². The molecule has 0 aromatic carbocycles. The van der Waals surface area contributed by atoms with Gasteiger partial charge >= 0.3 is 11.4 Å². The maximum absolute atomic E-state index is 12.8. The van der Waals surface area contributed by atoms with Crippen LogP contribution in [0.25, 0.3) is 10.4 Å². The molecular weight excluding hydrogens is 251 g/mol. The number of rotatable bonds is 6. The zero-order chi connectivity index (χ0) is 12.8. The summed E-state index contributed by atoms with van der Waals surface area (Å²) in [7, 11) is 0. The number of carbonyl (C=O) groups excluding carboxylic acids is 1. The third-order valence-corrected chi connectivity index (χ3v) is 1.77. The molecule has 0 fully saturated rings. The second kappa shape index (κ2) is 6.44. The topological polar surface area (TPSA) is 75.1 Å². The molecule has 92 valence electrons. The Bertz CT molecular complexity index is 291. The van der Waals surface area contributed by atoms with Crippen molar-refractivity contribution in [2.75, 3.05) is 6.61 Å². The molecule has 0 bridgehead atoms. The van der Waals surface area contributed by atoms with Gasteiger partial charge in [-0.05, 0) is 24.1 Å². The number of azide groups is 1. The first-order valence-electron chi connectivity index (χ1n) is 4.24. The quantitative estimate of drug-likeness (QED) is 0.242. The highest BCUT2D eigenvalue weighted by Crippen LogP contribution is 2.29. The largest absolute Gasteiger partial charge is 0.466 e. The molecule has 16 heavy (non-hydrogen) atoms. The van der Waals surface area contributed by atoms with Crippen LogP contribution in [0.4, 0.5) is 13.2 Å². The fraction of sp³-hybridized carbons (Fsp3) is 0.857. The Balaban J connectivity index is 4.57. The number of hydrogen-bond donors (Lipinski definition) is 0. The van der Waals surface area contributed by atoms with E-state index in [1.165, 1.54) is 6.92 Å². The summed E-state index contributed by atoms with van der Waals surface area (Å²) in [5.41, 5.74) is 8.08. The lowest BCUT2D eigenvalue weighted by molar-refractivity contribution is -0.145. The summed E-state index contributed by atoms with van der Waals surface area (Å²) >= 11 is 4.41. The van der Waals surface area contributed by atoms with Crippen LogP contribution in [0.2, 0.25) is 0 Å². The third-order valence-electron chi connectivity index (χ3n) is 1.54. The van der Waals surface area contributed by atoms with Crippen molar-refractivity contribution in [3.8, 4) is 0 Å². The van der Waals surface area contributed by atoms with Crippen LogP contribution in [-0.2, 0) is 9.53 Å². The fourth-order valence-electron chi connectivity index (χ4n) is 0.821. The average molecular weight is 260 g/mol. The van der Waals surface area contributed by atoms with E-state index in [1.807, 2.05) is 0 Å². The van der Waals surface area contributed by atoms with E-state index < -0.39 is 30.0 Å². The zero-order valence-electron chi connectivity index (χ0n) is 8.24. The van der Waals surface area contributed by atoms with Crippen LogP contribution in [0.1, 0.15) is 13.3 Å². The molecule has 0 rings (SSSR count). The number of carbonyl (C=O) groups is 1. The maximum atomic E-state index is 12.8. The molecule has 0 aliphatic carbocycles. The number of halogens is 4. The van der Waals surface area contributed by atoms with Crippen LogP contribution < -0.4 is 0 Å². The van der Waals surface area contributed by atoms with Crippen molar-refractivity contribution in [3.63, 3.8) is 0 Å². The highest BCUT2D eigenvalue weighted by molar-refractivity contribution is 6.22. The van der Waals surface area contributed by atoms with Gasteiger partial charge < -0.3 is 4.74 Å². The van der Waals surface area contributed by atoms with Gasteiger partial charge in [-0.3, -0.25) is 4.79 Å². The second-order valence-electron chi connectivity index (χ2n) is 2.72. The van der Waals surface area contributed by atoms with Crippen LogP contribution >= 0.6 is 11.6 Å². The van der Waals surface area contributed by atoms with E-state index in [-0.39, 0.29) is 6.61 Å². The molecule has 2 atom stereocenters. The number of alkyl halides is 4. The van der Waals surface area contributed by atoms with Gasteiger partial charge in [0, 0.05) is 11.3 Å². The van der Waals surface area contributed by atoms with Gasteiger partial charge in [-0.2, -0.15) is 8.78 Å². The third kappa shape index (κ3) is 5.09. The van der Waals surface area contributed by atoms with Crippen molar-refractivity contribution in [2.45, 2.75) is 30.9 Å². The summed E-state index contributed by atoms with van der Waals surface area (Å²) in [6, 6.07) is -1.65. The Morgan fingerprint density at radius 2 is 2.25 bits per heavy atom. The van der Waals surface area contributed by atoms with Crippen molar-refractivity contribution in [1.82, 2.24) is 0 Å². The Morgan fingerprint density at radius 1 is 1.69 bits per heavy atom. The van der Waals surface area contributed by atoms with Crippen molar-refractivity contribution < 1.29 is 22.7 Å². The number of hydrogen-bond acceptors (Lipinski definition) is 3. The predicted octanol–water partition coefficient (Wildman–Crippen LogP) is 2.79. The highest BCUT2D eigenvalue weighted by Gasteiger charge is 2.40. The van der Waals surface area contributed by atoms with Crippen LogP contribution in [0, 0.1) is 0 Å². The van der Waals surface area contributed by atoms with Crippen molar-refractivity contribution >= 4 is 17.6 Å². The first-order chi connectivity index (χ1) is 7.32. The van der Waals surface area contributed by atoms with Gasteiger partial charge in [-0.1, -0.05) is 5.11 Å². The van der Waals surface area contributed by atoms with E-state index in [1.54, 1.807) is 0 Å². The van der Waals surface area contributed by atoms with Crippen LogP contribution in [0.15, 0.2) is 5.11 Å². The Hall–Kier alpha value is -1.14. The summed E-state index contributed by atoms with van der Waals surface area (Å²) in [5, 5.41) is -1.25. The minimum absolute atomic E-state index is 0.0372. The number of nitrogens with zero attached hydrogens (tertiary/aromatic N) is 3. The molecule has 5 nitrogen and oxygen atoms in total. The van der Waals surface area contributed by atoms with Gasteiger partial charge in [0.2, 0.25) is 0 Å². The smallest absolute Gasteiger partial charge is 0.352 e. The SMILES string of the molecule is CCOC(=O)C(CC(F)C(F)(F)Cl)N=[N+]=[N-]. The summed E-state index contributed by atoms with van der Waals surface area (Å²) < 4.78 is 41.8. The van der Waals surface area contributed by atoms with E-state index in [0.29, 0.717) is 0 Å². The number of ether oxygens (including phenoxy) is 1. The Kier molecular flexibility index (Phi) is 5.98. The monoisotopic (exact) mass is 259 g/mol. The standard InChI is InChI=1S/C7H9ClF3N3O2/c1-2-16-6(15)4(13-14-12)3-5(9)7(8,10)11/h4-5H,2-3H2,1H3. The summed E-state index contributed by atoms with van der Waals surface area (Å²) in [4.78, 5) is 13.3. The van der Waals surface area contributed by atoms with E-state index in [0.717, 1.165) is 0 Å². The molecule has 9 heteroatoms. The lowest BCUT2D eigenvalue weighted by Gasteiger charge is -2.16. The van der Waals surface area contributed by atoms with Crippen molar-refractivity contribution in [3.05, 3.63) is 10.4 Å². The predicted molar refractivity (Wildman–Crippen MR) is 49.9 cm³/mol. The molecule has 0 aliphatic rings. The molecule has 0 aliphatic heterocycles. The molecule has 0 spiro atoms. The zero-order valence-corrected chi connectivity index (χ0v) is 8.99. The second-order valence-corrected chi connectivity index (χ2v) is 3.22. The van der Waals surface area contributed by atoms with Gasteiger partial charge in [-0.25, -0.2) is 4.39 Å². The molecule has 0 heterocycles. The normalized spacial score (nSPS) is 14.8. The molecule has 0 amide bonds. The molecule has 0 aromatic rings. The molecule has 0 saturated carbocycles.